The maximum atomic E-state index is 13.1. The minimum absolute atomic E-state index is 0.0929. The van der Waals surface area contributed by atoms with Gasteiger partial charge in [-0.1, -0.05) is 17.7 Å². The number of methoxy groups -OCH3 is 2. The van der Waals surface area contributed by atoms with Gasteiger partial charge in [-0.05, 0) is 30.3 Å². The number of rotatable bonds is 4. The Morgan fingerprint density at radius 1 is 1.04 bits per heavy atom. The first kappa shape index (κ1) is 18.7. The SMILES string of the molecule is COc1cccc(OC)c1NC(=O)Nc1ccc(Cl)cc1C(F)(F)F. The molecule has 0 aliphatic heterocycles. The second-order valence-electron chi connectivity index (χ2n) is 4.80. The highest BCUT2D eigenvalue weighted by Gasteiger charge is 2.34. The van der Waals surface area contributed by atoms with Gasteiger partial charge in [-0.2, -0.15) is 13.2 Å². The fourth-order valence-corrected chi connectivity index (χ4v) is 2.27. The number of anilines is 2. The zero-order valence-corrected chi connectivity index (χ0v) is 14.0. The maximum absolute atomic E-state index is 13.1. The molecule has 25 heavy (non-hydrogen) atoms. The number of ether oxygens (including phenoxy) is 2. The van der Waals surface area contributed by atoms with Gasteiger partial charge in [0.2, 0.25) is 0 Å². The van der Waals surface area contributed by atoms with Gasteiger partial charge in [0.25, 0.3) is 0 Å². The van der Waals surface area contributed by atoms with Crippen LogP contribution in [0.5, 0.6) is 11.5 Å². The molecule has 0 radical (unpaired) electrons. The van der Waals surface area contributed by atoms with Crippen molar-refractivity contribution in [3.05, 3.63) is 47.0 Å². The fourth-order valence-electron chi connectivity index (χ4n) is 2.10. The summed E-state index contributed by atoms with van der Waals surface area (Å²) in [6, 6.07) is 6.95. The van der Waals surface area contributed by atoms with E-state index in [-0.39, 0.29) is 10.7 Å². The summed E-state index contributed by atoms with van der Waals surface area (Å²) in [7, 11) is 2.78. The summed E-state index contributed by atoms with van der Waals surface area (Å²) in [5.41, 5.74) is -1.29. The Hall–Kier alpha value is -2.61. The summed E-state index contributed by atoms with van der Waals surface area (Å²) in [5, 5.41) is 4.49. The molecule has 134 valence electrons. The molecule has 0 saturated carbocycles. The zero-order chi connectivity index (χ0) is 18.6. The van der Waals surface area contributed by atoms with Crippen LogP contribution in [0.4, 0.5) is 29.3 Å². The number of para-hydroxylation sites is 1. The number of amides is 2. The molecule has 9 heteroatoms. The number of urea groups is 1. The fraction of sp³-hybridized carbons (Fsp3) is 0.188. The number of carbonyl (C=O) groups is 1. The molecular formula is C16H14ClF3N2O3. The molecule has 0 aromatic heterocycles. The third kappa shape index (κ3) is 4.48. The van der Waals surface area contributed by atoms with Crippen molar-refractivity contribution in [3.63, 3.8) is 0 Å². The van der Waals surface area contributed by atoms with Gasteiger partial charge in [0, 0.05) is 5.02 Å². The van der Waals surface area contributed by atoms with Crippen LogP contribution in [0, 0.1) is 0 Å². The van der Waals surface area contributed by atoms with E-state index in [4.69, 9.17) is 21.1 Å². The number of alkyl halides is 3. The second-order valence-corrected chi connectivity index (χ2v) is 5.24. The van der Waals surface area contributed by atoms with E-state index in [1.54, 1.807) is 18.2 Å². The van der Waals surface area contributed by atoms with Crippen LogP contribution < -0.4 is 20.1 Å². The molecule has 0 heterocycles. The van der Waals surface area contributed by atoms with Crippen molar-refractivity contribution < 1.29 is 27.4 Å². The third-order valence-corrected chi connectivity index (χ3v) is 3.44. The van der Waals surface area contributed by atoms with Crippen LogP contribution in [0.2, 0.25) is 5.02 Å². The molecule has 0 saturated heterocycles. The van der Waals surface area contributed by atoms with E-state index >= 15 is 0 Å². The minimum atomic E-state index is -4.67. The molecule has 0 aliphatic carbocycles. The van der Waals surface area contributed by atoms with Crippen molar-refractivity contribution in [2.75, 3.05) is 24.9 Å². The largest absolute Gasteiger partial charge is 0.494 e. The predicted octanol–water partition coefficient (Wildman–Crippen LogP) is 5.02. The lowest BCUT2D eigenvalue weighted by Crippen LogP contribution is -2.22. The first-order valence-corrected chi connectivity index (χ1v) is 7.29. The first-order chi connectivity index (χ1) is 11.8. The van der Waals surface area contributed by atoms with Gasteiger partial charge in [0.15, 0.2) is 0 Å². The number of halogens is 4. The van der Waals surface area contributed by atoms with Crippen molar-refractivity contribution in [2.45, 2.75) is 6.18 Å². The van der Waals surface area contributed by atoms with E-state index in [0.717, 1.165) is 12.1 Å². The van der Waals surface area contributed by atoms with Crippen LogP contribution in [0.15, 0.2) is 36.4 Å². The Bertz CT molecular complexity index is 759. The smallest absolute Gasteiger partial charge is 0.418 e. The number of benzene rings is 2. The van der Waals surface area contributed by atoms with E-state index in [1.807, 2.05) is 0 Å². The number of hydrogen-bond acceptors (Lipinski definition) is 3. The van der Waals surface area contributed by atoms with E-state index in [2.05, 4.69) is 10.6 Å². The standard InChI is InChI=1S/C16H14ClF3N2O3/c1-24-12-4-3-5-13(25-2)14(12)22-15(23)21-11-7-6-9(17)8-10(11)16(18,19)20/h3-8H,1-2H3,(H2,21,22,23). The predicted molar refractivity (Wildman–Crippen MR) is 88.6 cm³/mol. The number of hydrogen-bond donors (Lipinski definition) is 2. The molecule has 0 bridgehead atoms. The van der Waals surface area contributed by atoms with Crippen molar-refractivity contribution >= 4 is 29.0 Å². The zero-order valence-electron chi connectivity index (χ0n) is 13.2. The van der Waals surface area contributed by atoms with E-state index < -0.39 is 23.5 Å². The highest BCUT2D eigenvalue weighted by atomic mass is 35.5. The van der Waals surface area contributed by atoms with Crippen molar-refractivity contribution in [2.24, 2.45) is 0 Å². The monoisotopic (exact) mass is 374 g/mol. The van der Waals surface area contributed by atoms with Crippen molar-refractivity contribution in [3.8, 4) is 11.5 Å². The Morgan fingerprint density at radius 2 is 1.64 bits per heavy atom. The van der Waals surface area contributed by atoms with Crippen LogP contribution in [0.1, 0.15) is 5.56 Å². The summed E-state index contributed by atoms with van der Waals surface area (Å²) >= 11 is 5.61. The highest BCUT2D eigenvalue weighted by molar-refractivity contribution is 6.30. The first-order valence-electron chi connectivity index (χ1n) is 6.92. The topological polar surface area (TPSA) is 59.6 Å². The van der Waals surface area contributed by atoms with Gasteiger partial charge in [-0.15, -0.1) is 0 Å². The van der Waals surface area contributed by atoms with Crippen LogP contribution >= 0.6 is 11.6 Å². The Kier molecular flexibility index (Phi) is 5.63. The van der Waals surface area contributed by atoms with Crippen LogP contribution in [0.3, 0.4) is 0 Å². The van der Waals surface area contributed by atoms with Gasteiger partial charge < -0.3 is 20.1 Å². The van der Waals surface area contributed by atoms with Gasteiger partial charge in [-0.25, -0.2) is 4.79 Å². The molecule has 0 spiro atoms. The van der Waals surface area contributed by atoms with Crippen LogP contribution in [-0.4, -0.2) is 20.3 Å². The third-order valence-electron chi connectivity index (χ3n) is 3.20. The van der Waals surface area contributed by atoms with E-state index in [1.165, 1.54) is 20.3 Å². The quantitative estimate of drug-likeness (QED) is 0.790. The summed E-state index contributed by atoms with van der Waals surface area (Å²) in [4.78, 5) is 12.1. The van der Waals surface area contributed by atoms with Gasteiger partial charge in [0.05, 0.1) is 25.5 Å². The van der Waals surface area contributed by atoms with Gasteiger partial charge in [-0.3, -0.25) is 0 Å². The molecule has 2 aromatic rings. The number of carbonyl (C=O) groups excluding carboxylic acids is 1. The highest BCUT2D eigenvalue weighted by Crippen LogP contribution is 2.37. The van der Waals surface area contributed by atoms with E-state index in [9.17, 15) is 18.0 Å². The Balaban J connectivity index is 2.28. The lowest BCUT2D eigenvalue weighted by Gasteiger charge is -2.17. The maximum Gasteiger partial charge on any atom is 0.418 e. The molecule has 2 aromatic carbocycles. The summed E-state index contributed by atoms with van der Waals surface area (Å²) in [5.74, 6) is 0.586. The number of nitrogens with one attached hydrogen (secondary N) is 2. The second kappa shape index (κ2) is 7.52. The molecule has 0 aliphatic rings. The molecule has 0 fully saturated rings. The average Bonchev–Trinajstić information content (AvgIpc) is 2.55. The lowest BCUT2D eigenvalue weighted by molar-refractivity contribution is -0.136. The van der Waals surface area contributed by atoms with Crippen LogP contribution in [-0.2, 0) is 6.18 Å². The Morgan fingerprint density at radius 3 is 2.16 bits per heavy atom. The van der Waals surface area contributed by atoms with E-state index in [0.29, 0.717) is 11.5 Å². The van der Waals surface area contributed by atoms with Crippen molar-refractivity contribution in [1.29, 1.82) is 0 Å². The average molecular weight is 375 g/mol. The molecular weight excluding hydrogens is 361 g/mol. The van der Waals surface area contributed by atoms with Crippen LogP contribution in [0.25, 0.3) is 0 Å². The molecule has 5 nitrogen and oxygen atoms in total. The lowest BCUT2D eigenvalue weighted by atomic mass is 10.1. The molecule has 2 rings (SSSR count). The van der Waals surface area contributed by atoms with Gasteiger partial charge >= 0.3 is 12.2 Å². The summed E-state index contributed by atoms with van der Waals surface area (Å²) in [6.45, 7) is 0. The summed E-state index contributed by atoms with van der Waals surface area (Å²) < 4.78 is 49.4. The molecule has 0 unspecified atom stereocenters. The van der Waals surface area contributed by atoms with Gasteiger partial charge in [0.1, 0.15) is 17.2 Å². The Labute approximate surface area is 146 Å². The summed E-state index contributed by atoms with van der Waals surface area (Å²) in [6.07, 6.45) is -4.67. The normalized spacial score (nSPS) is 11.0. The van der Waals surface area contributed by atoms with Crippen molar-refractivity contribution in [1.82, 2.24) is 0 Å². The molecule has 2 amide bonds. The molecule has 2 N–H and O–H groups in total. The minimum Gasteiger partial charge on any atom is -0.494 e. The molecule has 0 atom stereocenters.